The topological polar surface area (TPSA) is 63.1 Å². The van der Waals surface area contributed by atoms with Crippen LogP contribution in [0.15, 0.2) is 29.4 Å². The molecule has 1 fully saturated rings. The van der Waals surface area contributed by atoms with Gasteiger partial charge in [0, 0.05) is 11.7 Å². The van der Waals surface area contributed by atoms with Crippen LogP contribution in [0.3, 0.4) is 0 Å². The quantitative estimate of drug-likeness (QED) is 0.636. The van der Waals surface area contributed by atoms with Crippen molar-refractivity contribution in [3.8, 4) is 5.69 Å². The summed E-state index contributed by atoms with van der Waals surface area (Å²) in [6.07, 6.45) is 3.42. The minimum absolute atomic E-state index is 0.000566. The van der Waals surface area contributed by atoms with Gasteiger partial charge in [0.05, 0.1) is 11.3 Å². The number of carbonyl (C=O) groups is 1. The zero-order chi connectivity index (χ0) is 22.7. The van der Waals surface area contributed by atoms with E-state index in [1.165, 1.54) is 30.3 Å². The van der Waals surface area contributed by atoms with Gasteiger partial charge in [-0.3, -0.25) is 14.3 Å². The number of aromatic nitrogens is 3. The Hall–Kier alpha value is -1.93. The highest BCUT2D eigenvalue weighted by Gasteiger charge is 2.30. The van der Waals surface area contributed by atoms with Crippen LogP contribution in [-0.4, -0.2) is 51.0 Å². The van der Waals surface area contributed by atoms with Gasteiger partial charge < -0.3 is 5.32 Å². The molecule has 1 aromatic heterocycles. The molecule has 170 valence electrons. The molecule has 1 heterocycles. The van der Waals surface area contributed by atoms with Crippen LogP contribution in [0.25, 0.3) is 5.69 Å². The molecule has 1 aromatic carbocycles. The van der Waals surface area contributed by atoms with Gasteiger partial charge in [0.25, 0.3) is 0 Å². The van der Waals surface area contributed by atoms with Crippen molar-refractivity contribution in [2.45, 2.75) is 69.4 Å². The van der Waals surface area contributed by atoms with Gasteiger partial charge in [-0.1, -0.05) is 38.5 Å². The summed E-state index contributed by atoms with van der Waals surface area (Å²) in [5.41, 5.74) is 0.778. The fraction of sp³-hybridized carbons (Fsp3) is 0.609. The van der Waals surface area contributed by atoms with Crippen molar-refractivity contribution in [3.05, 3.63) is 35.9 Å². The third kappa shape index (κ3) is 5.47. The summed E-state index contributed by atoms with van der Waals surface area (Å²) in [4.78, 5) is 15.0. The lowest BCUT2D eigenvalue weighted by Gasteiger charge is -2.35. The maximum Gasteiger partial charge on any atom is 0.233 e. The van der Waals surface area contributed by atoms with Gasteiger partial charge in [0.1, 0.15) is 5.82 Å². The number of rotatable bonds is 7. The zero-order valence-corrected chi connectivity index (χ0v) is 20.1. The SMILES string of the molecule is C[C@@H]1[C@@H](C)CCC[C@H]1NC(=O)[C@@H](C)Sc1nnc([C@@H](C)N(C)C)n1-c1ccc(F)cc1. The largest absolute Gasteiger partial charge is 0.352 e. The van der Waals surface area contributed by atoms with Crippen molar-refractivity contribution in [3.63, 3.8) is 0 Å². The number of nitrogens with one attached hydrogen (secondary N) is 1. The average molecular weight is 448 g/mol. The number of carbonyl (C=O) groups excluding carboxylic acids is 1. The summed E-state index contributed by atoms with van der Waals surface area (Å²) >= 11 is 1.38. The zero-order valence-electron chi connectivity index (χ0n) is 19.3. The van der Waals surface area contributed by atoms with Crippen molar-refractivity contribution in [2.24, 2.45) is 11.8 Å². The molecule has 1 saturated carbocycles. The fourth-order valence-corrected chi connectivity index (χ4v) is 4.87. The van der Waals surface area contributed by atoms with E-state index in [0.717, 1.165) is 24.4 Å². The minimum Gasteiger partial charge on any atom is -0.352 e. The first-order valence-corrected chi connectivity index (χ1v) is 11.9. The summed E-state index contributed by atoms with van der Waals surface area (Å²) in [6.45, 7) is 8.43. The van der Waals surface area contributed by atoms with Crippen molar-refractivity contribution in [1.82, 2.24) is 25.0 Å². The van der Waals surface area contributed by atoms with Crippen LogP contribution in [0.5, 0.6) is 0 Å². The number of thioether (sulfide) groups is 1. The van der Waals surface area contributed by atoms with E-state index in [1.54, 1.807) is 12.1 Å². The average Bonchev–Trinajstić information content (AvgIpc) is 3.14. The monoisotopic (exact) mass is 447 g/mol. The van der Waals surface area contributed by atoms with E-state index < -0.39 is 0 Å². The number of hydrogen-bond donors (Lipinski definition) is 1. The maximum atomic E-state index is 13.5. The first kappa shape index (κ1) is 23.7. The molecule has 0 spiro atoms. The Bertz CT molecular complexity index is 885. The van der Waals surface area contributed by atoms with E-state index in [2.05, 4.69) is 29.4 Å². The molecule has 1 aliphatic carbocycles. The molecular formula is C23H34FN5OS. The van der Waals surface area contributed by atoms with Gasteiger partial charge >= 0.3 is 0 Å². The molecule has 1 N–H and O–H groups in total. The van der Waals surface area contributed by atoms with Crippen LogP contribution >= 0.6 is 11.8 Å². The molecule has 5 atom stereocenters. The molecule has 0 unspecified atom stereocenters. The molecule has 1 amide bonds. The number of halogens is 1. The van der Waals surface area contributed by atoms with Gasteiger partial charge in [-0.15, -0.1) is 10.2 Å². The molecule has 1 aliphatic rings. The smallest absolute Gasteiger partial charge is 0.233 e. The van der Waals surface area contributed by atoms with E-state index in [-0.39, 0.29) is 29.1 Å². The van der Waals surface area contributed by atoms with Crippen LogP contribution < -0.4 is 5.32 Å². The van der Waals surface area contributed by atoms with Crippen LogP contribution in [0.2, 0.25) is 0 Å². The number of hydrogen-bond acceptors (Lipinski definition) is 5. The number of benzene rings is 1. The Morgan fingerprint density at radius 1 is 1.19 bits per heavy atom. The molecular weight excluding hydrogens is 413 g/mol. The van der Waals surface area contributed by atoms with Crippen molar-refractivity contribution < 1.29 is 9.18 Å². The molecule has 0 radical (unpaired) electrons. The second-order valence-electron chi connectivity index (χ2n) is 8.93. The van der Waals surface area contributed by atoms with Gasteiger partial charge in [-0.25, -0.2) is 4.39 Å². The van der Waals surface area contributed by atoms with Gasteiger partial charge in [-0.05, 0) is 70.5 Å². The first-order chi connectivity index (χ1) is 14.7. The number of amides is 1. The Kier molecular flexibility index (Phi) is 7.75. The lowest BCUT2D eigenvalue weighted by Crippen LogP contribution is -2.46. The third-order valence-corrected chi connectivity index (χ3v) is 7.62. The second kappa shape index (κ2) is 10.1. The fourth-order valence-electron chi connectivity index (χ4n) is 3.99. The van der Waals surface area contributed by atoms with E-state index in [0.29, 0.717) is 17.0 Å². The normalized spacial score (nSPS) is 23.5. The number of nitrogens with zero attached hydrogens (tertiary/aromatic N) is 4. The van der Waals surface area contributed by atoms with E-state index >= 15 is 0 Å². The Morgan fingerprint density at radius 3 is 2.52 bits per heavy atom. The summed E-state index contributed by atoms with van der Waals surface area (Å²) < 4.78 is 15.4. The van der Waals surface area contributed by atoms with Gasteiger partial charge in [0.15, 0.2) is 11.0 Å². The minimum atomic E-state index is -0.324. The third-order valence-electron chi connectivity index (χ3n) is 6.58. The molecule has 3 rings (SSSR count). The van der Waals surface area contributed by atoms with Crippen molar-refractivity contribution in [1.29, 1.82) is 0 Å². The Balaban J connectivity index is 1.81. The first-order valence-electron chi connectivity index (χ1n) is 11.0. The lowest BCUT2D eigenvalue weighted by atomic mass is 9.78. The van der Waals surface area contributed by atoms with E-state index in [9.17, 15) is 9.18 Å². The van der Waals surface area contributed by atoms with Crippen LogP contribution in [-0.2, 0) is 4.79 Å². The molecule has 0 aliphatic heterocycles. The van der Waals surface area contributed by atoms with E-state index in [1.807, 2.05) is 37.4 Å². The van der Waals surface area contributed by atoms with Crippen LogP contribution in [0.4, 0.5) is 4.39 Å². The Morgan fingerprint density at radius 2 is 1.87 bits per heavy atom. The van der Waals surface area contributed by atoms with E-state index in [4.69, 9.17) is 0 Å². The highest BCUT2D eigenvalue weighted by Crippen LogP contribution is 2.32. The summed E-state index contributed by atoms with van der Waals surface area (Å²) in [7, 11) is 3.95. The molecule has 0 saturated heterocycles. The standard InChI is InChI=1S/C23H34FN5OS/c1-14-8-7-9-20(15(14)2)25-22(30)17(4)31-23-27-26-21(16(3)28(5)6)29(23)19-12-10-18(24)11-13-19/h10-17,20H,7-9H2,1-6H3,(H,25,30)/t14-,15+,16+,17+,20+/m0/s1. The Labute approximate surface area is 189 Å². The van der Waals surface area contributed by atoms with Crippen LogP contribution in [0, 0.1) is 17.7 Å². The van der Waals surface area contributed by atoms with Gasteiger partial charge in [0.2, 0.25) is 5.91 Å². The maximum absolute atomic E-state index is 13.5. The predicted molar refractivity (Wildman–Crippen MR) is 123 cm³/mol. The second-order valence-corrected chi connectivity index (χ2v) is 10.2. The van der Waals surface area contributed by atoms with Crippen molar-refractivity contribution in [2.75, 3.05) is 14.1 Å². The van der Waals surface area contributed by atoms with Gasteiger partial charge in [-0.2, -0.15) is 0 Å². The van der Waals surface area contributed by atoms with Crippen LogP contribution in [0.1, 0.15) is 58.8 Å². The molecule has 31 heavy (non-hydrogen) atoms. The molecule has 0 bridgehead atoms. The highest BCUT2D eigenvalue weighted by molar-refractivity contribution is 8.00. The van der Waals surface area contributed by atoms with Crippen molar-refractivity contribution >= 4 is 17.7 Å². The summed E-state index contributed by atoms with van der Waals surface area (Å²) in [5.74, 6) is 1.58. The lowest BCUT2D eigenvalue weighted by molar-refractivity contribution is -0.121. The highest BCUT2D eigenvalue weighted by atomic mass is 32.2. The summed E-state index contributed by atoms with van der Waals surface area (Å²) in [6, 6.07) is 6.50. The summed E-state index contributed by atoms with van der Waals surface area (Å²) in [5, 5.41) is 12.4. The molecule has 8 heteroatoms. The molecule has 2 aromatic rings. The predicted octanol–water partition coefficient (Wildman–Crippen LogP) is 4.45. The molecule has 6 nitrogen and oxygen atoms in total.